The molecule has 2 unspecified atom stereocenters. The van der Waals surface area contributed by atoms with Gasteiger partial charge < -0.3 is 5.32 Å². The second-order valence-corrected chi connectivity index (χ2v) is 12.2. The van der Waals surface area contributed by atoms with Gasteiger partial charge in [0.15, 0.2) is 0 Å². The minimum absolute atomic E-state index is 0.238. The van der Waals surface area contributed by atoms with Crippen molar-refractivity contribution >= 4 is 10.0 Å². The molecule has 0 spiro atoms. The van der Waals surface area contributed by atoms with Crippen LogP contribution in [0.2, 0.25) is 0 Å². The van der Waals surface area contributed by atoms with Gasteiger partial charge in [-0.2, -0.15) is 10.0 Å². The van der Waals surface area contributed by atoms with Crippen LogP contribution < -0.4 is 5.32 Å². The molecule has 0 amide bonds. The topological polar surface area (TPSA) is 12.0 Å². The van der Waals surface area contributed by atoms with E-state index in [1.807, 2.05) is 6.08 Å². The van der Waals surface area contributed by atoms with Gasteiger partial charge in [0.05, 0.1) is 0 Å². The fourth-order valence-corrected chi connectivity index (χ4v) is 8.99. The summed E-state index contributed by atoms with van der Waals surface area (Å²) in [4.78, 5) is 3.23. The quantitative estimate of drug-likeness (QED) is 0.469. The molecule has 0 aliphatic heterocycles. The molecule has 144 valence electrons. The van der Waals surface area contributed by atoms with E-state index in [9.17, 15) is 0 Å². The van der Waals surface area contributed by atoms with Gasteiger partial charge in [0.2, 0.25) is 0 Å². The first-order valence-corrected chi connectivity index (χ1v) is 11.8. The molecular formula is C24H37NS. The molecule has 0 saturated heterocycles. The van der Waals surface area contributed by atoms with Crippen LogP contribution in [0.1, 0.15) is 52.9 Å². The highest BCUT2D eigenvalue weighted by atomic mass is 32.3. The van der Waals surface area contributed by atoms with Crippen molar-refractivity contribution in [3.8, 4) is 0 Å². The first-order valence-electron chi connectivity index (χ1n) is 9.95. The Bertz CT molecular complexity index is 623. The first kappa shape index (κ1) is 21.1. The Morgan fingerprint density at radius 2 is 1.92 bits per heavy atom. The van der Waals surface area contributed by atoms with Gasteiger partial charge in [-0.25, -0.2) is 0 Å². The Hall–Kier alpha value is -1.25. The van der Waals surface area contributed by atoms with Crippen molar-refractivity contribution in [3.63, 3.8) is 0 Å². The van der Waals surface area contributed by atoms with Gasteiger partial charge in [0.25, 0.3) is 0 Å². The summed E-state index contributed by atoms with van der Waals surface area (Å²) in [5.74, 6) is 1.25. The highest BCUT2D eigenvalue weighted by Crippen LogP contribution is 2.71. The van der Waals surface area contributed by atoms with E-state index in [4.69, 9.17) is 0 Å². The summed E-state index contributed by atoms with van der Waals surface area (Å²) in [5.41, 5.74) is 0. The lowest BCUT2D eigenvalue weighted by molar-refractivity contribution is 0.514. The number of hydrogen-bond donors (Lipinski definition) is 1. The van der Waals surface area contributed by atoms with Crippen molar-refractivity contribution in [1.29, 1.82) is 0 Å². The van der Waals surface area contributed by atoms with E-state index in [2.05, 4.69) is 88.3 Å². The Morgan fingerprint density at radius 1 is 1.19 bits per heavy atom. The Morgan fingerprint density at radius 3 is 2.46 bits per heavy atom. The molecule has 2 heteroatoms. The van der Waals surface area contributed by atoms with Gasteiger partial charge in [0.1, 0.15) is 0 Å². The number of rotatable bonds is 9. The maximum atomic E-state index is 3.90. The predicted molar refractivity (Wildman–Crippen MR) is 120 cm³/mol. The van der Waals surface area contributed by atoms with Crippen molar-refractivity contribution in [2.75, 3.05) is 12.8 Å². The summed E-state index contributed by atoms with van der Waals surface area (Å²) in [6.07, 6.45) is 14.9. The molecule has 1 aromatic rings. The number of allylic oxidation sites excluding steroid dienone is 5. The maximum Gasteiger partial charge on any atom is 0.00745 e. The molecule has 0 fully saturated rings. The lowest BCUT2D eigenvalue weighted by atomic mass is 10.1. The zero-order valence-corrected chi connectivity index (χ0v) is 17.9. The molecular weight excluding hydrogens is 334 g/mol. The smallest absolute Gasteiger partial charge is 0.00745 e. The fourth-order valence-electron chi connectivity index (χ4n) is 4.05. The third-order valence-corrected chi connectivity index (χ3v) is 10.8. The van der Waals surface area contributed by atoms with Crippen LogP contribution in [0.5, 0.6) is 0 Å². The van der Waals surface area contributed by atoms with Crippen LogP contribution in [0, 0.1) is 0 Å². The lowest BCUT2D eigenvalue weighted by Gasteiger charge is -2.54. The summed E-state index contributed by atoms with van der Waals surface area (Å²) in [5, 5.41) is 3.55. The van der Waals surface area contributed by atoms with Gasteiger partial charge in [-0.15, -0.1) is 6.58 Å². The van der Waals surface area contributed by atoms with E-state index in [0.717, 1.165) is 6.42 Å². The Kier molecular flexibility index (Phi) is 7.79. The molecule has 2 rings (SSSR count). The average molecular weight is 372 g/mol. The van der Waals surface area contributed by atoms with E-state index in [1.165, 1.54) is 31.4 Å². The highest BCUT2D eigenvalue weighted by Gasteiger charge is 2.41. The van der Waals surface area contributed by atoms with Crippen molar-refractivity contribution in [2.24, 2.45) is 0 Å². The summed E-state index contributed by atoms with van der Waals surface area (Å²) in [7, 11) is 1.02. The van der Waals surface area contributed by atoms with Crippen LogP contribution in [-0.4, -0.2) is 23.6 Å². The van der Waals surface area contributed by atoms with E-state index >= 15 is 0 Å². The van der Waals surface area contributed by atoms with E-state index in [1.54, 1.807) is 9.80 Å². The molecule has 1 nitrogen and oxygen atoms in total. The minimum atomic E-state index is -1.08. The van der Waals surface area contributed by atoms with E-state index < -0.39 is 10.0 Å². The summed E-state index contributed by atoms with van der Waals surface area (Å²) in [6, 6.07) is 11.9. The van der Waals surface area contributed by atoms with Crippen LogP contribution in [0.15, 0.2) is 71.0 Å². The van der Waals surface area contributed by atoms with Crippen LogP contribution in [0.3, 0.4) is 0 Å². The van der Waals surface area contributed by atoms with Crippen molar-refractivity contribution in [3.05, 3.63) is 66.1 Å². The van der Waals surface area contributed by atoms with Gasteiger partial charge in [-0.05, 0) is 71.6 Å². The monoisotopic (exact) mass is 371 g/mol. The second kappa shape index (κ2) is 9.62. The molecule has 0 aromatic heterocycles. The normalized spacial score (nSPS) is 19.3. The SMILES string of the molecule is C=CCCC(CCS(C1=CC=CCC1)(c1ccccc1)C(C)(C)C)NC. The molecule has 26 heavy (non-hydrogen) atoms. The molecule has 0 saturated carbocycles. The van der Waals surface area contributed by atoms with Crippen LogP contribution in [0.25, 0.3) is 0 Å². The van der Waals surface area contributed by atoms with Gasteiger partial charge >= 0.3 is 0 Å². The maximum absolute atomic E-state index is 3.90. The van der Waals surface area contributed by atoms with Crippen molar-refractivity contribution < 1.29 is 0 Å². The second-order valence-electron chi connectivity index (χ2n) is 8.11. The van der Waals surface area contributed by atoms with Crippen molar-refractivity contribution in [2.45, 2.75) is 68.6 Å². The number of benzene rings is 1. The molecule has 1 aromatic carbocycles. The van der Waals surface area contributed by atoms with Gasteiger partial charge in [-0.1, -0.05) is 63.3 Å². The van der Waals surface area contributed by atoms with Crippen molar-refractivity contribution in [1.82, 2.24) is 5.32 Å². The van der Waals surface area contributed by atoms with Crippen LogP contribution >= 0.6 is 10.0 Å². The third-order valence-electron chi connectivity index (χ3n) is 5.51. The fraction of sp³-hybridized carbons (Fsp3) is 0.500. The van der Waals surface area contributed by atoms with E-state index in [0.29, 0.717) is 6.04 Å². The third kappa shape index (κ3) is 4.72. The molecule has 1 N–H and O–H groups in total. The standard InChI is InChI=1S/C24H37NS/c1-6-7-14-21(25-5)19-20-26(24(2,3)4,22-15-10-8-11-16-22)23-17-12-9-13-18-23/h6,8-12,15-17,21,25H,1,7,13-14,18-20H2,2-5H3. The first-order chi connectivity index (χ1) is 12.5. The predicted octanol–water partition coefficient (Wildman–Crippen LogP) is 6.83. The van der Waals surface area contributed by atoms with Gasteiger partial charge in [-0.3, -0.25) is 0 Å². The Balaban J connectivity index is 2.44. The van der Waals surface area contributed by atoms with Gasteiger partial charge in [0, 0.05) is 6.04 Å². The zero-order valence-electron chi connectivity index (χ0n) is 17.1. The number of nitrogens with one attached hydrogen (secondary N) is 1. The molecule has 1 aliphatic rings. The molecule has 1 aliphatic carbocycles. The average Bonchev–Trinajstić information content (AvgIpc) is 2.65. The summed E-state index contributed by atoms with van der Waals surface area (Å²) < 4.78 is 0.238. The molecule has 0 heterocycles. The lowest BCUT2D eigenvalue weighted by Crippen LogP contribution is -2.33. The molecule has 0 radical (unpaired) electrons. The summed E-state index contributed by atoms with van der Waals surface area (Å²) >= 11 is 0. The highest BCUT2D eigenvalue weighted by molar-refractivity contribution is 8.37. The minimum Gasteiger partial charge on any atom is -0.317 e. The van der Waals surface area contributed by atoms with Crippen LogP contribution in [-0.2, 0) is 0 Å². The zero-order chi connectivity index (χ0) is 19.0. The summed E-state index contributed by atoms with van der Waals surface area (Å²) in [6.45, 7) is 11.2. The van der Waals surface area contributed by atoms with E-state index in [-0.39, 0.29) is 4.75 Å². The molecule has 0 bridgehead atoms. The van der Waals surface area contributed by atoms with Crippen LogP contribution in [0.4, 0.5) is 0 Å². The molecule has 2 atom stereocenters. The number of hydrogen-bond acceptors (Lipinski definition) is 1. The largest absolute Gasteiger partial charge is 0.317 e. The Labute approximate surface area is 163 Å².